The second-order valence-corrected chi connectivity index (χ2v) is 6.77. The number of amides is 2. The quantitative estimate of drug-likeness (QED) is 0.564. The molecule has 0 aliphatic rings. The van der Waals surface area contributed by atoms with Gasteiger partial charge in [0.2, 0.25) is 5.91 Å². The molecule has 1 aromatic heterocycles. The summed E-state index contributed by atoms with van der Waals surface area (Å²) in [5.41, 5.74) is 4.83. The number of benzene rings is 2. The van der Waals surface area contributed by atoms with E-state index in [0.717, 1.165) is 10.3 Å². The van der Waals surface area contributed by atoms with E-state index in [1.165, 1.54) is 28.5 Å². The number of rotatable bonds is 4. The highest BCUT2D eigenvalue weighted by atomic mass is 32.2. The van der Waals surface area contributed by atoms with E-state index < -0.39 is 0 Å². The van der Waals surface area contributed by atoms with Crippen molar-refractivity contribution in [3.8, 4) is 0 Å². The fourth-order valence-corrected chi connectivity index (χ4v) is 3.40. The van der Waals surface area contributed by atoms with Crippen LogP contribution in [-0.2, 0) is 4.79 Å². The molecule has 6 heteroatoms. The van der Waals surface area contributed by atoms with Gasteiger partial charge in [0.05, 0.1) is 10.6 Å². The largest absolute Gasteiger partial charge is 0.279 e. The number of thiophene rings is 1. The summed E-state index contributed by atoms with van der Waals surface area (Å²) in [5.74, 6) is -0.305. The van der Waals surface area contributed by atoms with E-state index in [0.29, 0.717) is 4.88 Å². The van der Waals surface area contributed by atoms with Crippen molar-refractivity contribution in [2.24, 2.45) is 0 Å². The van der Waals surface area contributed by atoms with Crippen LogP contribution in [0.3, 0.4) is 0 Å². The molecule has 0 aliphatic heterocycles. The van der Waals surface area contributed by atoms with E-state index >= 15 is 0 Å². The van der Waals surface area contributed by atoms with Crippen LogP contribution in [0.2, 0.25) is 0 Å². The predicted molar refractivity (Wildman–Crippen MR) is 94.6 cm³/mol. The maximum Gasteiger partial charge on any atom is 0.279 e. The lowest BCUT2D eigenvalue weighted by Crippen LogP contribution is -2.42. The van der Waals surface area contributed by atoms with Gasteiger partial charge in [-0.05, 0) is 34.4 Å². The van der Waals surface area contributed by atoms with Crippen LogP contribution in [0.4, 0.5) is 0 Å². The molecule has 0 saturated carbocycles. The highest BCUT2D eigenvalue weighted by molar-refractivity contribution is 8.00. The zero-order chi connectivity index (χ0) is 16.1. The lowest BCUT2D eigenvalue weighted by atomic mass is 10.1. The Bertz CT molecular complexity index is 831. The molecule has 4 nitrogen and oxygen atoms in total. The Labute approximate surface area is 141 Å². The zero-order valence-electron chi connectivity index (χ0n) is 12.1. The molecule has 1 heterocycles. The number of thioether (sulfide) groups is 1. The standard InChI is InChI=1S/C17H14N2O2S2/c20-16(18-19-17(21)15-6-3-9-22-15)11-23-14-8-7-12-4-1-2-5-13(12)10-14/h1-10H,11H2,(H,18,20)(H,19,21). The number of nitrogens with one attached hydrogen (secondary N) is 2. The number of carbonyl (C=O) groups is 2. The van der Waals surface area contributed by atoms with Crippen LogP contribution in [0.5, 0.6) is 0 Å². The Morgan fingerprint density at radius 3 is 2.57 bits per heavy atom. The Hall–Kier alpha value is -2.31. The molecule has 0 radical (unpaired) electrons. The average molecular weight is 342 g/mol. The first-order valence-electron chi connectivity index (χ1n) is 6.97. The van der Waals surface area contributed by atoms with Crippen molar-refractivity contribution in [1.29, 1.82) is 0 Å². The Balaban J connectivity index is 1.51. The van der Waals surface area contributed by atoms with Crippen LogP contribution in [-0.4, -0.2) is 17.6 Å². The van der Waals surface area contributed by atoms with Crippen molar-refractivity contribution in [2.45, 2.75) is 4.90 Å². The van der Waals surface area contributed by atoms with Gasteiger partial charge in [0, 0.05) is 4.90 Å². The Morgan fingerprint density at radius 2 is 1.78 bits per heavy atom. The summed E-state index contributed by atoms with van der Waals surface area (Å²) >= 11 is 2.76. The van der Waals surface area contributed by atoms with E-state index in [-0.39, 0.29) is 17.6 Å². The highest BCUT2D eigenvalue weighted by Crippen LogP contribution is 2.23. The number of hydrogen-bond acceptors (Lipinski definition) is 4. The molecular weight excluding hydrogens is 328 g/mol. The fraction of sp³-hybridized carbons (Fsp3) is 0.0588. The van der Waals surface area contributed by atoms with Crippen molar-refractivity contribution in [3.05, 3.63) is 64.9 Å². The first-order valence-corrected chi connectivity index (χ1v) is 8.83. The summed E-state index contributed by atoms with van der Waals surface area (Å²) in [7, 11) is 0. The van der Waals surface area contributed by atoms with Gasteiger partial charge in [0.15, 0.2) is 0 Å². The molecule has 3 rings (SSSR count). The molecular formula is C17H14N2O2S2. The number of hydrogen-bond donors (Lipinski definition) is 2. The van der Waals surface area contributed by atoms with Crippen LogP contribution < -0.4 is 10.9 Å². The van der Waals surface area contributed by atoms with Crippen LogP contribution in [0.15, 0.2) is 64.9 Å². The molecule has 2 amide bonds. The fourth-order valence-electron chi connectivity index (χ4n) is 2.04. The maximum absolute atomic E-state index is 11.8. The first-order chi connectivity index (χ1) is 11.2. The molecule has 0 saturated heterocycles. The monoisotopic (exact) mass is 342 g/mol. The zero-order valence-corrected chi connectivity index (χ0v) is 13.7. The van der Waals surface area contributed by atoms with Gasteiger partial charge in [-0.1, -0.05) is 36.4 Å². The summed E-state index contributed by atoms with van der Waals surface area (Å²) in [4.78, 5) is 25.1. The number of fused-ring (bicyclic) bond motifs is 1. The second-order valence-electron chi connectivity index (χ2n) is 4.78. The van der Waals surface area contributed by atoms with E-state index in [4.69, 9.17) is 0 Å². The first kappa shape index (κ1) is 15.6. The van der Waals surface area contributed by atoms with Crippen molar-refractivity contribution in [3.63, 3.8) is 0 Å². The van der Waals surface area contributed by atoms with Crippen LogP contribution >= 0.6 is 23.1 Å². The summed E-state index contributed by atoms with van der Waals surface area (Å²) < 4.78 is 0. The van der Waals surface area contributed by atoms with Crippen molar-refractivity contribution < 1.29 is 9.59 Å². The smallest absolute Gasteiger partial charge is 0.272 e. The third-order valence-corrected chi connectivity index (χ3v) is 5.01. The molecule has 116 valence electrons. The SMILES string of the molecule is O=C(CSc1ccc2ccccc2c1)NNC(=O)c1cccs1. The van der Waals surface area contributed by atoms with Crippen molar-refractivity contribution in [2.75, 3.05) is 5.75 Å². The molecule has 0 spiro atoms. The minimum absolute atomic E-state index is 0.239. The summed E-state index contributed by atoms with van der Waals surface area (Å²) in [6, 6.07) is 17.7. The molecule has 23 heavy (non-hydrogen) atoms. The topological polar surface area (TPSA) is 58.2 Å². The number of hydrazine groups is 1. The second kappa shape index (κ2) is 7.30. The van der Waals surface area contributed by atoms with Gasteiger partial charge in [-0.2, -0.15) is 0 Å². The van der Waals surface area contributed by atoms with Gasteiger partial charge >= 0.3 is 0 Å². The lowest BCUT2D eigenvalue weighted by molar-refractivity contribution is -0.119. The normalized spacial score (nSPS) is 10.4. The lowest BCUT2D eigenvalue weighted by Gasteiger charge is -2.07. The summed E-state index contributed by atoms with van der Waals surface area (Å²) in [6.45, 7) is 0. The third kappa shape index (κ3) is 4.12. The van der Waals surface area contributed by atoms with Gasteiger partial charge in [-0.3, -0.25) is 20.4 Å². The molecule has 2 N–H and O–H groups in total. The van der Waals surface area contributed by atoms with Crippen LogP contribution in [0.25, 0.3) is 10.8 Å². The predicted octanol–water partition coefficient (Wildman–Crippen LogP) is 3.45. The van der Waals surface area contributed by atoms with E-state index in [9.17, 15) is 9.59 Å². The van der Waals surface area contributed by atoms with Crippen molar-refractivity contribution >= 4 is 45.7 Å². The van der Waals surface area contributed by atoms with Gasteiger partial charge in [-0.15, -0.1) is 23.1 Å². The third-order valence-electron chi connectivity index (χ3n) is 3.15. The van der Waals surface area contributed by atoms with Crippen LogP contribution in [0.1, 0.15) is 9.67 Å². The highest BCUT2D eigenvalue weighted by Gasteiger charge is 2.08. The molecule has 0 aliphatic carbocycles. The molecule has 2 aromatic carbocycles. The van der Waals surface area contributed by atoms with E-state index in [1.54, 1.807) is 12.1 Å². The molecule has 0 atom stereocenters. The van der Waals surface area contributed by atoms with Gasteiger partial charge in [0.25, 0.3) is 5.91 Å². The minimum atomic E-state index is -0.302. The van der Waals surface area contributed by atoms with Crippen molar-refractivity contribution in [1.82, 2.24) is 10.9 Å². The van der Waals surface area contributed by atoms with E-state index in [1.807, 2.05) is 35.7 Å². The van der Waals surface area contributed by atoms with Gasteiger partial charge in [-0.25, -0.2) is 0 Å². The Kier molecular flexibility index (Phi) is 4.95. The molecule has 0 bridgehead atoms. The minimum Gasteiger partial charge on any atom is -0.272 e. The summed E-state index contributed by atoms with van der Waals surface area (Å²) in [6.07, 6.45) is 0. The van der Waals surface area contributed by atoms with Gasteiger partial charge in [0.1, 0.15) is 0 Å². The van der Waals surface area contributed by atoms with Gasteiger partial charge < -0.3 is 0 Å². The Morgan fingerprint density at radius 1 is 0.957 bits per heavy atom. The molecule has 0 unspecified atom stereocenters. The molecule has 0 fully saturated rings. The van der Waals surface area contributed by atoms with Crippen LogP contribution in [0, 0.1) is 0 Å². The summed E-state index contributed by atoms with van der Waals surface area (Å²) in [5, 5.41) is 4.13. The maximum atomic E-state index is 11.8. The number of carbonyl (C=O) groups excluding carboxylic acids is 2. The van der Waals surface area contributed by atoms with E-state index in [2.05, 4.69) is 23.0 Å². The average Bonchev–Trinajstić information content (AvgIpc) is 3.12. The molecule has 3 aromatic rings.